The van der Waals surface area contributed by atoms with Crippen molar-refractivity contribution in [2.24, 2.45) is 0 Å². The summed E-state index contributed by atoms with van der Waals surface area (Å²) in [6.45, 7) is 0. The molecule has 0 radical (unpaired) electrons. The fourth-order valence-corrected chi connectivity index (χ4v) is 1.66. The SMILES string of the molecule is COC(=O)c1cc(C(=O)c2c(F)cc(F)cc2F)c[nH]1. The van der Waals surface area contributed by atoms with Gasteiger partial charge >= 0.3 is 5.97 Å². The number of rotatable bonds is 3. The number of carbonyl (C=O) groups is 2. The number of methoxy groups -OCH3 is 1. The highest BCUT2D eigenvalue weighted by Gasteiger charge is 2.22. The highest BCUT2D eigenvalue weighted by Crippen LogP contribution is 2.19. The number of H-pyrrole nitrogens is 1. The lowest BCUT2D eigenvalue weighted by Crippen LogP contribution is -2.07. The van der Waals surface area contributed by atoms with E-state index >= 15 is 0 Å². The third kappa shape index (κ3) is 2.42. The Morgan fingerprint density at radius 2 is 1.70 bits per heavy atom. The average Bonchev–Trinajstić information content (AvgIpc) is 2.86. The molecule has 0 atom stereocenters. The van der Waals surface area contributed by atoms with E-state index in [1.165, 1.54) is 0 Å². The van der Waals surface area contributed by atoms with E-state index in [2.05, 4.69) is 9.72 Å². The Labute approximate surface area is 111 Å². The fraction of sp³-hybridized carbons (Fsp3) is 0.0769. The third-order valence-corrected chi connectivity index (χ3v) is 2.58. The summed E-state index contributed by atoms with van der Waals surface area (Å²) in [6, 6.07) is 1.91. The van der Waals surface area contributed by atoms with Crippen LogP contribution in [0.3, 0.4) is 0 Å². The molecule has 1 aromatic carbocycles. The maximum atomic E-state index is 13.5. The molecule has 0 saturated heterocycles. The fourth-order valence-electron chi connectivity index (χ4n) is 1.66. The van der Waals surface area contributed by atoms with E-state index in [0.29, 0.717) is 12.1 Å². The molecule has 0 aliphatic carbocycles. The number of aromatic nitrogens is 1. The summed E-state index contributed by atoms with van der Waals surface area (Å²) >= 11 is 0. The summed E-state index contributed by atoms with van der Waals surface area (Å²) in [5.41, 5.74) is -1.07. The first-order chi connectivity index (χ1) is 9.43. The van der Waals surface area contributed by atoms with Crippen molar-refractivity contribution in [2.45, 2.75) is 0 Å². The number of esters is 1. The minimum absolute atomic E-state index is 0.0428. The number of carbonyl (C=O) groups excluding carboxylic acids is 2. The Morgan fingerprint density at radius 3 is 2.25 bits per heavy atom. The van der Waals surface area contributed by atoms with Gasteiger partial charge < -0.3 is 9.72 Å². The molecule has 0 aliphatic heterocycles. The van der Waals surface area contributed by atoms with Crippen molar-refractivity contribution >= 4 is 11.8 Å². The number of hydrogen-bond acceptors (Lipinski definition) is 3. The summed E-state index contributed by atoms with van der Waals surface area (Å²) < 4.78 is 44.1. The van der Waals surface area contributed by atoms with Gasteiger partial charge in [0.2, 0.25) is 0 Å². The van der Waals surface area contributed by atoms with Gasteiger partial charge in [-0.1, -0.05) is 0 Å². The van der Waals surface area contributed by atoms with E-state index in [1.807, 2.05) is 0 Å². The molecule has 0 fully saturated rings. The van der Waals surface area contributed by atoms with Crippen molar-refractivity contribution in [1.82, 2.24) is 4.98 Å². The second-order valence-corrected chi connectivity index (χ2v) is 3.87. The first kappa shape index (κ1) is 13.9. The molecule has 2 aromatic rings. The Bertz CT molecular complexity index is 671. The number of ether oxygens (including phenoxy) is 1. The Morgan fingerprint density at radius 1 is 1.10 bits per heavy atom. The van der Waals surface area contributed by atoms with Crippen LogP contribution in [0.4, 0.5) is 13.2 Å². The second kappa shape index (κ2) is 5.20. The van der Waals surface area contributed by atoms with E-state index in [4.69, 9.17) is 0 Å². The highest BCUT2D eigenvalue weighted by atomic mass is 19.1. The summed E-state index contributed by atoms with van der Waals surface area (Å²) in [5.74, 6) is -5.49. The minimum atomic E-state index is -1.31. The van der Waals surface area contributed by atoms with Gasteiger partial charge in [0.25, 0.3) is 0 Å². The van der Waals surface area contributed by atoms with Crippen molar-refractivity contribution in [2.75, 3.05) is 7.11 Å². The van der Waals surface area contributed by atoms with E-state index in [1.54, 1.807) is 0 Å². The van der Waals surface area contributed by atoms with Crippen molar-refractivity contribution < 1.29 is 27.5 Å². The predicted molar refractivity (Wildman–Crippen MR) is 61.9 cm³/mol. The summed E-state index contributed by atoms with van der Waals surface area (Å²) in [5, 5.41) is 0. The van der Waals surface area contributed by atoms with Gasteiger partial charge in [0.15, 0.2) is 5.78 Å². The Hall–Kier alpha value is -2.57. The van der Waals surface area contributed by atoms with Crippen LogP contribution in [0.1, 0.15) is 26.4 Å². The van der Waals surface area contributed by atoms with E-state index in [-0.39, 0.29) is 11.3 Å². The van der Waals surface area contributed by atoms with Crippen LogP contribution in [0, 0.1) is 17.5 Å². The molecule has 20 heavy (non-hydrogen) atoms. The molecular weight excluding hydrogens is 275 g/mol. The van der Waals surface area contributed by atoms with Crippen molar-refractivity contribution in [3.05, 3.63) is 58.7 Å². The van der Waals surface area contributed by atoms with Gasteiger partial charge in [-0.2, -0.15) is 0 Å². The van der Waals surface area contributed by atoms with Gasteiger partial charge in [-0.3, -0.25) is 4.79 Å². The number of ketones is 1. The molecule has 4 nitrogen and oxygen atoms in total. The summed E-state index contributed by atoms with van der Waals surface area (Å²) in [4.78, 5) is 25.6. The highest BCUT2D eigenvalue weighted by molar-refractivity contribution is 6.10. The molecule has 0 saturated carbocycles. The molecule has 0 spiro atoms. The molecule has 1 heterocycles. The molecular formula is C13H8F3NO3. The molecule has 0 amide bonds. The maximum absolute atomic E-state index is 13.5. The monoisotopic (exact) mass is 283 g/mol. The zero-order valence-corrected chi connectivity index (χ0v) is 10.2. The number of nitrogens with one attached hydrogen (secondary N) is 1. The van der Waals surface area contributed by atoms with Gasteiger partial charge in [0, 0.05) is 23.9 Å². The number of hydrogen-bond donors (Lipinski definition) is 1. The topological polar surface area (TPSA) is 59.2 Å². The van der Waals surface area contributed by atoms with Gasteiger partial charge in [-0.15, -0.1) is 0 Å². The normalized spacial score (nSPS) is 10.4. The van der Waals surface area contributed by atoms with Crippen LogP contribution in [0.5, 0.6) is 0 Å². The van der Waals surface area contributed by atoms with Gasteiger partial charge in [-0.05, 0) is 6.07 Å². The Kier molecular flexibility index (Phi) is 3.60. The number of benzene rings is 1. The predicted octanol–water partition coefficient (Wildman–Crippen LogP) is 2.45. The van der Waals surface area contributed by atoms with Crippen molar-refractivity contribution in [1.29, 1.82) is 0 Å². The largest absolute Gasteiger partial charge is 0.464 e. The van der Waals surface area contributed by atoms with Crippen molar-refractivity contribution in [3.63, 3.8) is 0 Å². The second-order valence-electron chi connectivity index (χ2n) is 3.87. The lowest BCUT2D eigenvalue weighted by molar-refractivity contribution is 0.0595. The lowest BCUT2D eigenvalue weighted by Gasteiger charge is -2.02. The van der Waals surface area contributed by atoms with E-state index in [0.717, 1.165) is 19.4 Å². The average molecular weight is 283 g/mol. The number of halogens is 3. The maximum Gasteiger partial charge on any atom is 0.354 e. The first-order valence-electron chi connectivity index (χ1n) is 5.40. The smallest absolute Gasteiger partial charge is 0.354 e. The third-order valence-electron chi connectivity index (χ3n) is 2.58. The summed E-state index contributed by atoms with van der Waals surface area (Å²) in [6.07, 6.45) is 1.11. The molecule has 0 bridgehead atoms. The summed E-state index contributed by atoms with van der Waals surface area (Å²) in [7, 11) is 1.14. The van der Waals surface area contributed by atoms with Crippen LogP contribution in [-0.4, -0.2) is 23.8 Å². The molecule has 0 unspecified atom stereocenters. The van der Waals surface area contributed by atoms with Crippen LogP contribution in [0.2, 0.25) is 0 Å². The van der Waals surface area contributed by atoms with Crippen LogP contribution in [-0.2, 0) is 4.74 Å². The van der Waals surface area contributed by atoms with Crippen molar-refractivity contribution in [3.8, 4) is 0 Å². The van der Waals surface area contributed by atoms with Crippen LogP contribution < -0.4 is 0 Å². The van der Waals surface area contributed by atoms with Crippen LogP contribution in [0.25, 0.3) is 0 Å². The van der Waals surface area contributed by atoms with Gasteiger partial charge in [0.05, 0.1) is 12.7 Å². The zero-order valence-electron chi connectivity index (χ0n) is 10.2. The minimum Gasteiger partial charge on any atom is -0.464 e. The number of aromatic amines is 1. The zero-order chi connectivity index (χ0) is 14.9. The molecule has 104 valence electrons. The molecule has 7 heteroatoms. The van der Waals surface area contributed by atoms with Gasteiger partial charge in [-0.25, -0.2) is 18.0 Å². The van der Waals surface area contributed by atoms with E-state index < -0.39 is 34.8 Å². The standard InChI is InChI=1S/C13H8F3NO3/c1-20-13(19)10-2-6(5-17-10)12(18)11-8(15)3-7(14)4-9(11)16/h2-5,17H,1H3. The molecule has 1 N–H and O–H groups in total. The molecule has 2 rings (SSSR count). The Balaban J connectivity index is 2.42. The van der Waals surface area contributed by atoms with Gasteiger partial charge in [0.1, 0.15) is 23.1 Å². The molecule has 1 aromatic heterocycles. The lowest BCUT2D eigenvalue weighted by atomic mass is 10.0. The van der Waals surface area contributed by atoms with Crippen LogP contribution >= 0.6 is 0 Å². The van der Waals surface area contributed by atoms with E-state index in [9.17, 15) is 22.8 Å². The quantitative estimate of drug-likeness (QED) is 0.695. The molecule has 0 aliphatic rings. The first-order valence-corrected chi connectivity index (χ1v) is 5.40. The van der Waals surface area contributed by atoms with Crippen LogP contribution in [0.15, 0.2) is 24.4 Å².